The Morgan fingerprint density at radius 2 is 1.78 bits per heavy atom. The minimum absolute atomic E-state index is 0.00305. The zero-order valence-electron chi connectivity index (χ0n) is 12.7. The summed E-state index contributed by atoms with van der Waals surface area (Å²) in [4.78, 5) is 24.2. The third-order valence-electron chi connectivity index (χ3n) is 4.19. The van der Waals surface area contributed by atoms with Gasteiger partial charge in [-0.05, 0) is 54.8 Å². The van der Waals surface area contributed by atoms with Gasteiger partial charge in [0.1, 0.15) is 0 Å². The highest BCUT2D eigenvalue weighted by atomic mass is 79.9. The van der Waals surface area contributed by atoms with Crippen LogP contribution in [0.25, 0.3) is 0 Å². The lowest BCUT2D eigenvalue weighted by molar-refractivity contribution is -0.118. The van der Waals surface area contributed by atoms with E-state index < -0.39 is 5.41 Å². The molecule has 2 amide bonds. The van der Waals surface area contributed by atoms with Crippen LogP contribution in [-0.2, 0) is 10.2 Å². The maximum atomic E-state index is 12.7. The van der Waals surface area contributed by atoms with Crippen molar-refractivity contribution < 1.29 is 9.59 Å². The molecule has 0 aromatic heterocycles. The summed E-state index contributed by atoms with van der Waals surface area (Å²) >= 11 is 3.46. The molecule has 0 bridgehead atoms. The van der Waals surface area contributed by atoms with Crippen LogP contribution in [-0.4, -0.2) is 18.9 Å². The molecule has 0 saturated heterocycles. The minimum atomic E-state index is -0.427. The number of carbonyl (C=O) groups is 2. The molecule has 5 heteroatoms. The van der Waals surface area contributed by atoms with Gasteiger partial charge in [0.2, 0.25) is 5.91 Å². The smallest absolute Gasteiger partial charge is 0.251 e. The Bertz CT molecular complexity index is 752. The monoisotopic (exact) mass is 372 g/mol. The van der Waals surface area contributed by atoms with E-state index in [1.165, 1.54) is 0 Å². The van der Waals surface area contributed by atoms with E-state index in [9.17, 15) is 9.59 Å². The quantitative estimate of drug-likeness (QED) is 0.862. The maximum Gasteiger partial charge on any atom is 0.251 e. The average molecular weight is 373 g/mol. The van der Waals surface area contributed by atoms with Crippen LogP contribution in [0.2, 0.25) is 0 Å². The van der Waals surface area contributed by atoms with Crippen LogP contribution in [0.4, 0.5) is 5.69 Å². The van der Waals surface area contributed by atoms with E-state index in [-0.39, 0.29) is 11.8 Å². The largest absolute Gasteiger partial charge is 0.355 e. The summed E-state index contributed by atoms with van der Waals surface area (Å²) in [5.74, 6) is -0.140. The molecule has 2 aromatic rings. The van der Waals surface area contributed by atoms with Gasteiger partial charge in [0, 0.05) is 22.8 Å². The first kappa shape index (κ1) is 15.7. The van der Waals surface area contributed by atoms with Crippen LogP contribution in [0, 0.1) is 0 Å². The summed E-state index contributed by atoms with van der Waals surface area (Å²) in [5.41, 5.74) is 1.87. The lowest BCUT2D eigenvalue weighted by Gasteiger charge is -2.16. The second-order valence-corrected chi connectivity index (χ2v) is 6.62. The lowest BCUT2D eigenvalue weighted by Crippen LogP contribution is -2.27. The Hall–Kier alpha value is -2.14. The number of amides is 2. The van der Waals surface area contributed by atoms with Crippen LogP contribution in [0.5, 0.6) is 0 Å². The lowest BCUT2D eigenvalue weighted by atomic mass is 9.95. The fourth-order valence-electron chi connectivity index (χ4n) is 2.66. The number of benzene rings is 2. The van der Waals surface area contributed by atoms with Crippen molar-refractivity contribution >= 4 is 33.4 Å². The molecule has 1 aliphatic carbocycles. The van der Waals surface area contributed by atoms with E-state index in [0.717, 1.165) is 22.9 Å². The number of halogens is 1. The SMILES string of the molecule is CNC(=O)c1ccc(NC(=O)C2(c3cccc(Br)c3)CC2)cc1. The first-order valence-electron chi connectivity index (χ1n) is 7.45. The van der Waals surface area contributed by atoms with Gasteiger partial charge < -0.3 is 10.6 Å². The highest BCUT2D eigenvalue weighted by Crippen LogP contribution is 2.49. The topological polar surface area (TPSA) is 58.2 Å². The van der Waals surface area contributed by atoms with Crippen molar-refractivity contribution in [1.82, 2.24) is 5.32 Å². The predicted molar refractivity (Wildman–Crippen MR) is 93.5 cm³/mol. The van der Waals surface area contributed by atoms with Gasteiger partial charge in [0.05, 0.1) is 5.41 Å². The second kappa shape index (κ2) is 6.16. The molecule has 0 atom stereocenters. The molecule has 1 fully saturated rings. The summed E-state index contributed by atoms with van der Waals surface area (Å²) in [6.45, 7) is 0. The maximum absolute atomic E-state index is 12.7. The number of carbonyl (C=O) groups excluding carboxylic acids is 2. The van der Waals surface area contributed by atoms with Gasteiger partial charge >= 0.3 is 0 Å². The van der Waals surface area contributed by atoms with E-state index in [0.29, 0.717) is 11.3 Å². The van der Waals surface area contributed by atoms with E-state index in [2.05, 4.69) is 26.6 Å². The van der Waals surface area contributed by atoms with Gasteiger partial charge in [0.15, 0.2) is 0 Å². The minimum Gasteiger partial charge on any atom is -0.355 e. The number of hydrogen-bond donors (Lipinski definition) is 2. The molecule has 0 radical (unpaired) electrons. The van der Waals surface area contributed by atoms with Crippen molar-refractivity contribution in [2.45, 2.75) is 18.3 Å². The molecule has 1 saturated carbocycles. The van der Waals surface area contributed by atoms with Crippen LogP contribution < -0.4 is 10.6 Å². The van der Waals surface area contributed by atoms with E-state index in [1.54, 1.807) is 31.3 Å². The molecule has 118 valence electrons. The van der Waals surface area contributed by atoms with E-state index >= 15 is 0 Å². The van der Waals surface area contributed by atoms with Crippen molar-refractivity contribution in [3.63, 3.8) is 0 Å². The number of anilines is 1. The first-order chi connectivity index (χ1) is 11.0. The van der Waals surface area contributed by atoms with Crippen LogP contribution in [0.3, 0.4) is 0 Å². The molecule has 0 unspecified atom stereocenters. The summed E-state index contributed by atoms with van der Waals surface area (Å²) in [6.07, 6.45) is 1.71. The normalized spacial score (nSPS) is 14.9. The number of rotatable bonds is 4. The Kier molecular flexibility index (Phi) is 4.22. The van der Waals surface area contributed by atoms with Gasteiger partial charge in [-0.25, -0.2) is 0 Å². The summed E-state index contributed by atoms with van der Waals surface area (Å²) in [7, 11) is 1.59. The Morgan fingerprint density at radius 3 is 2.35 bits per heavy atom. The van der Waals surface area contributed by atoms with Crippen molar-refractivity contribution in [2.24, 2.45) is 0 Å². The molecule has 3 rings (SSSR count). The highest BCUT2D eigenvalue weighted by Gasteiger charge is 2.51. The molecular weight excluding hydrogens is 356 g/mol. The molecule has 2 N–H and O–H groups in total. The third-order valence-corrected chi connectivity index (χ3v) is 4.69. The molecule has 23 heavy (non-hydrogen) atoms. The highest BCUT2D eigenvalue weighted by molar-refractivity contribution is 9.10. The number of hydrogen-bond acceptors (Lipinski definition) is 2. The van der Waals surface area contributed by atoms with Gasteiger partial charge in [-0.1, -0.05) is 28.1 Å². The van der Waals surface area contributed by atoms with Crippen molar-refractivity contribution in [3.05, 3.63) is 64.1 Å². The standard InChI is InChI=1S/C18H17BrN2O2/c1-20-16(22)12-5-7-15(8-6-12)21-17(23)18(9-10-18)13-3-2-4-14(19)11-13/h2-8,11H,9-10H2,1H3,(H,20,22)(H,21,23). The van der Waals surface area contributed by atoms with Crippen molar-refractivity contribution in [3.8, 4) is 0 Å². The van der Waals surface area contributed by atoms with Crippen molar-refractivity contribution in [1.29, 1.82) is 0 Å². The molecule has 0 heterocycles. The first-order valence-corrected chi connectivity index (χ1v) is 8.24. The number of nitrogens with one attached hydrogen (secondary N) is 2. The van der Waals surface area contributed by atoms with E-state index in [4.69, 9.17) is 0 Å². The fraction of sp³-hybridized carbons (Fsp3) is 0.222. The van der Waals surface area contributed by atoms with E-state index in [1.807, 2.05) is 24.3 Å². The van der Waals surface area contributed by atoms with Gasteiger partial charge in [0.25, 0.3) is 5.91 Å². The third kappa shape index (κ3) is 3.15. The Labute approximate surface area is 143 Å². The molecule has 2 aromatic carbocycles. The Balaban J connectivity index is 1.75. The van der Waals surface area contributed by atoms with Crippen LogP contribution in [0.15, 0.2) is 53.0 Å². The van der Waals surface area contributed by atoms with Crippen LogP contribution in [0.1, 0.15) is 28.8 Å². The van der Waals surface area contributed by atoms with Gasteiger partial charge in [-0.3, -0.25) is 9.59 Å². The summed E-state index contributed by atoms with van der Waals surface area (Å²) in [6, 6.07) is 14.8. The summed E-state index contributed by atoms with van der Waals surface area (Å²) < 4.78 is 0.976. The van der Waals surface area contributed by atoms with Crippen LogP contribution >= 0.6 is 15.9 Å². The molecule has 0 aliphatic heterocycles. The van der Waals surface area contributed by atoms with Gasteiger partial charge in [-0.15, -0.1) is 0 Å². The molecule has 1 aliphatic rings. The average Bonchev–Trinajstić information content (AvgIpc) is 3.37. The molecular formula is C18H17BrN2O2. The van der Waals surface area contributed by atoms with Crippen molar-refractivity contribution in [2.75, 3.05) is 12.4 Å². The zero-order chi connectivity index (χ0) is 16.4. The molecule has 0 spiro atoms. The fourth-order valence-corrected chi connectivity index (χ4v) is 3.06. The predicted octanol–water partition coefficient (Wildman–Crippen LogP) is 3.48. The second-order valence-electron chi connectivity index (χ2n) is 5.70. The van der Waals surface area contributed by atoms with Gasteiger partial charge in [-0.2, -0.15) is 0 Å². The molecule has 4 nitrogen and oxygen atoms in total. The summed E-state index contributed by atoms with van der Waals surface area (Å²) in [5, 5.41) is 5.53. The Morgan fingerprint density at radius 1 is 1.09 bits per heavy atom. The zero-order valence-corrected chi connectivity index (χ0v) is 14.3.